The fourth-order valence-corrected chi connectivity index (χ4v) is 3.77. The van der Waals surface area contributed by atoms with Crippen LogP contribution in [0.2, 0.25) is 0 Å². The summed E-state index contributed by atoms with van der Waals surface area (Å²) in [5.74, 6) is -0.463. The molecule has 2 fully saturated rings. The predicted octanol–water partition coefficient (Wildman–Crippen LogP) is 1.42. The lowest BCUT2D eigenvalue weighted by molar-refractivity contribution is -0.137. The Morgan fingerprint density at radius 3 is 2.25 bits per heavy atom. The Kier molecular flexibility index (Phi) is 5.06. The van der Waals surface area contributed by atoms with Crippen molar-refractivity contribution >= 4 is 23.4 Å². The second-order valence-corrected chi connectivity index (χ2v) is 7.07. The molecule has 4 rings (SSSR count). The lowest BCUT2D eigenvalue weighted by atomic mass is 10.1. The average Bonchev–Trinajstić information content (AvgIpc) is 3.15. The fourth-order valence-electron chi connectivity index (χ4n) is 3.77. The van der Waals surface area contributed by atoms with E-state index in [9.17, 15) is 14.4 Å². The first kappa shape index (κ1) is 18.2. The topological polar surface area (TPSA) is 73.8 Å². The fraction of sp³-hybridized carbons (Fsp3) is 0.333. The van der Waals surface area contributed by atoms with E-state index in [0.29, 0.717) is 38.4 Å². The van der Waals surface area contributed by atoms with E-state index < -0.39 is 0 Å². The minimum absolute atomic E-state index is 0.00304. The van der Waals surface area contributed by atoms with Crippen molar-refractivity contribution in [1.29, 1.82) is 0 Å². The molecular weight excluding hydrogens is 356 g/mol. The van der Waals surface area contributed by atoms with Crippen molar-refractivity contribution in [1.82, 2.24) is 14.8 Å². The third-order valence-electron chi connectivity index (χ3n) is 5.30. The third kappa shape index (κ3) is 3.60. The van der Waals surface area contributed by atoms with Gasteiger partial charge in [-0.1, -0.05) is 24.3 Å². The first-order valence-electron chi connectivity index (χ1n) is 9.48. The van der Waals surface area contributed by atoms with E-state index in [0.717, 1.165) is 5.69 Å². The number of piperazine rings is 1. The zero-order chi connectivity index (χ0) is 19.5. The lowest BCUT2D eigenvalue weighted by Crippen LogP contribution is -2.52. The van der Waals surface area contributed by atoms with Crippen molar-refractivity contribution in [2.45, 2.75) is 6.42 Å². The molecule has 0 saturated carbocycles. The van der Waals surface area contributed by atoms with Crippen LogP contribution in [-0.4, -0.2) is 65.2 Å². The highest BCUT2D eigenvalue weighted by Crippen LogP contribution is 2.26. The van der Waals surface area contributed by atoms with Crippen LogP contribution in [0.5, 0.6) is 0 Å². The average molecular weight is 378 g/mol. The summed E-state index contributed by atoms with van der Waals surface area (Å²) in [6.07, 6.45) is 1.84. The quantitative estimate of drug-likeness (QED) is 0.810. The van der Waals surface area contributed by atoms with Gasteiger partial charge < -0.3 is 14.7 Å². The van der Waals surface area contributed by atoms with Crippen LogP contribution in [0.4, 0.5) is 5.69 Å². The van der Waals surface area contributed by atoms with E-state index in [-0.39, 0.29) is 30.1 Å². The van der Waals surface area contributed by atoms with Gasteiger partial charge in [-0.25, -0.2) is 0 Å². The number of carbonyl (C=O) groups excluding carboxylic acids is 3. The molecule has 1 aromatic heterocycles. The SMILES string of the molecule is O=C(c1ccccn1)N1CCN(C(=O)[C@@H]2CC(=O)N(c3ccccc3)C2)CC1. The molecule has 2 saturated heterocycles. The van der Waals surface area contributed by atoms with Gasteiger partial charge >= 0.3 is 0 Å². The monoisotopic (exact) mass is 378 g/mol. The molecule has 1 aromatic carbocycles. The molecule has 7 heteroatoms. The number of hydrogen-bond donors (Lipinski definition) is 0. The second kappa shape index (κ2) is 7.80. The van der Waals surface area contributed by atoms with Crippen molar-refractivity contribution < 1.29 is 14.4 Å². The summed E-state index contributed by atoms with van der Waals surface area (Å²) in [6, 6.07) is 14.7. The van der Waals surface area contributed by atoms with Gasteiger partial charge in [0.2, 0.25) is 11.8 Å². The van der Waals surface area contributed by atoms with Crippen LogP contribution in [-0.2, 0) is 9.59 Å². The number of para-hydroxylation sites is 1. The summed E-state index contributed by atoms with van der Waals surface area (Å²) >= 11 is 0. The van der Waals surface area contributed by atoms with Crippen molar-refractivity contribution in [3.8, 4) is 0 Å². The Hall–Kier alpha value is -3.22. The van der Waals surface area contributed by atoms with Crippen LogP contribution in [0.25, 0.3) is 0 Å². The van der Waals surface area contributed by atoms with Crippen LogP contribution in [0.1, 0.15) is 16.9 Å². The largest absolute Gasteiger partial charge is 0.339 e. The molecule has 7 nitrogen and oxygen atoms in total. The molecule has 2 aliphatic heterocycles. The van der Waals surface area contributed by atoms with Crippen molar-refractivity contribution in [2.24, 2.45) is 5.92 Å². The third-order valence-corrected chi connectivity index (χ3v) is 5.30. The maximum absolute atomic E-state index is 12.9. The first-order valence-corrected chi connectivity index (χ1v) is 9.48. The number of rotatable bonds is 3. The Balaban J connectivity index is 1.34. The highest BCUT2D eigenvalue weighted by molar-refractivity contribution is 6.00. The number of nitrogens with zero attached hydrogens (tertiary/aromatic N) is 4. The molecular formula is C21H22N4O3. The van der Waals surface area contributed by atoms with Crippen LogP contribution >= 0.6 is 0 Å². The van der Waals surface area contributed by atoms with E-state index in [2.05, 4.69) is 4.98 Å². The van der Waals surface area contributed by atoms with Gasteiger partial charge in [-0.3, -0.25) is 19.4 Å². The van der Waals surface area contributed by atoms with Crippen molar-refractivity contribution in [3.05, 3.63) is 60.4 Å². The molecule has 0 spiro atoms. The summed E-state index contributed by atoms with van der Waals surface area (Å²) < 4.78 is 0. The molecule has 0 bridgehead atoms. The van der Waals surface area contributed by atoms with Crippen molar-refractivity contribution in [3.63, 3.8) is 0 Å². The van der Waals surface area contributed by atoms with Gasteiger partial charge in [0.25, 0.3) is 5.91 Å². The second-order valence-electron chi connectivity index (χ2n) is 7.07. The van der Waals surface area contributed by atoms with Gasteiger partial charge in [0.15, 0.2) is 0 Å². The molecule has 0 aliphatic carbocycles. The van der Waals surface area contributed by atoms with Gasteiger partial charge in [0.1, 0.15) is 5.69 Å². The minimum Gasteiger partial charge on any atom is -0.339 e. The molecule has 0 radical (unpaired) electrons. The molecule has 28 heavy (non-hydrogen) atoms. The highest BCUT2D eigenvalue weighted by atomic mass is 16.2. The van der Waals surface area contributed by atoms with E-state index >= 15 is 0 Å². The standard InChI is InChI=1S/C21H22N4O3/c26-19-14-16(15-25(19)17-6-2-1-3-7-17)20(27)23-10-12-24(13-11-23)21(28)18-8-4-5-9-22-18/h1-9,16H,10-15H2/t16-/m1/s1. The normalized spacial score (nSPS) is 19.8. The summed E-state index contributed by atoms with van der Waals surface area (Å²) in [5.41, 5.74) is 1.25. The maximum Gasteiger partial charge on any atom is 0.272 e. The van der Waals surface area contributed by atoms with Gasteiger partial charge in [0.05, 0.1) is 5.92 Å². The number of pyridine rings is 1. The van der Waals surface area contributed by atoms with Gasteiger partial charge in [-0.05, 0) is 24.3 Å². The van der Waals surface area contributed by atoms with Gasteiger partial charge in [-0.15, -0.1) is 0 Å². The Morgan fingerprint density at radius 1 is 0.893 bits per heavy atom. The Bertz CT molecular complexity index is 864. The number of carbonyl (C=O) groups is 3. The minimum atomic E-state index is -0.328. The molecule has 144 valence electrons. The smallest absolute Gasteiger partial charge is 0.272 e. The number of anilines is 1. The molecule has 1 atom stereocenters. The van der Waals surface area contributed by atoms with E-state index in [1.165, 1.54) is 0 Å². The maximum atomic E-state index is 12.9. The Labute approximate surface area is 163 Å². The summed E-state index contributed by atoms with van der Waals surface area (Å²) in [5, 5.41) is 0. The molecule has 3 heterocycles. The predicted molar refractivity (Wildman–Crippen MR) is 104 cm³/mol. The van der Waals surface area contributed by atoms with Crippen LogP contribution in [0, 0.1) is 5.92 Å². The number of hydrogen-bond acceptors (Lipinski definition) is 4. The Morgan fingerprint density at radius 2 is 1.57 bits per heavy atom. The zero-order valence-corrected chi connectivity index (χ0v) is 15.5. The molecule has 0 N–H and O–H groups in total. The highest BCUT2D eigenvalue weighted by Gasteiger charge is 2.38. The molecule has 0 unspecified atom stereocenters. The van der Waals surface area contributed by atoms with E-state index in [4.69, 9.17) is 0 Å². The summed E-state index contributed by atoms with van der Waals surface area (Å²) in [6.45, 7) is 2.32. The van der Waals surface area contributed by atoms with Crippen LogP contribution < -0.4 is 4.90 Å². The number of aromatic nitrogens is 1. The summed E-state index contributed by atoms with van der Waals surface area (Å²) in [7, 11) is 0. The molecule has 2 aliphatic rings. The van der Waals surface area contributed by atoms with Crippen LogP contribution in [0.15, 0.2) is 54.7 Å². The number of benzene rings is 1. The molecule has 2 aromatic rings. The zero-order valence-electron chi connectivity index (χ0n) is 15.5. The van der Waals surface area contributed by atoms with Gasteiger partial charge in [0, 0.05) is 51.0 Å². The first-order chi connectivity index (χ1) is 13.6. The van der Waals surface area contributed by atoms with Gasteiger partial charge in [-0.2, -0.15) is 0 Å². The van der Waals surface area contributed by atoms with Crippen molar-refractivity contribution in [2.75, 3.05) is 37.6 Å². The lowest BCUT2D eigenvalue weighted by Gasteiger charge is -2.35. The van der Waals surface area contributed by atoms with E-state index in [1.807, 2.05) is 30.3 Å². The molecule has 3 amide bonds. The van der Waals surface area contributed by atoms with E-state index in [1.54, 1.807) is 39.1 Å². The summed E-state index contributed by atoms with van der Waals surface area (Å²) in [4.78, 5) is 47.0. The van der Waals surface area contributed by atoms with Crippen LogP contribution in [0.3, 0.4) is 0 Å². The number of amides is 3.